The van der Waals surface area contributed by atoms with Gasteiger partial charge in [-0.1, -0.05) is 24.3 Å². The predicted molar refractivity (Wildman–Crippen MR) is 104 cm³/mol. The van der Waals surface area contributed by atoms with E-state index in [4.69, 9.17) is 4.74 Å². The zero-order valence-corrected chi connectivity index (χ0v) is 15.8. The highest BCUT2D eigenvalue weighted by molar-refractivity contribution is 6.30. The number of carbonyl (C=O) groups is 2. The van der Waals surface area contributed by atoms with E-state index in [0.717, 1.165) is 11.3 Å². The molecule has 3 atom stereocenters. The van der Waals surface area contributed by atoms with Crippen LogP contribution in [0.25, 0.3) is 0 Å². The summed E-state index contributed by atoms with van der Waals surface area (Å²) < 4.78 is 6.10. The number of rotatable bonds is 0. The van der Waals surface area contributed by atoms with Gasteiger partial charge in [-0.3, -0.25) is 9.59 Å². The number of morpholine rings is 1. The lowest BCUT2D eigenvalue weighted by molar-refractivity contribution is -0.0524. The molecule has 1 aliphatic carbocycles. The van der Waals surface area contributed by atoms with Crippen molar-refractivity contribution in [3.63, 3.8) is 0 Å². The summed E-state index contributed by atoms with van der Waals surface area (Å²) in [5.74, 6) is -0.248. The Balaban J connectivity index is 1.76. The second-order valence-electron chi connectivity index (χ2n) is 8.06. The number of anilines is 1. The number of hydrogen-bond acceptors (Lipinski definition) is 5. The summed E-state index contributed by atoms with van der Waals surface area (Å²) in [5.41, 5.74) is 2.21. The molecule has 0 unspecified atom stereocenters. The third-order valence-electron chi connectivity index (χ3n) is 6.40. The number of fused-ring (bicyclic) bond motifs is 5. The number of hydrogen-bond donors (Lipinski definition) is 0. The minimum Gasteiger partial charge on any atom is -0.372 e. The Hall–Kier alpha value is -2.97. The van der Waals surface area contributed by atoms with E-state index >= 15 is 0 Å². The number of carbonyl (C=O) groups excluding carboxylic acids is 2. The van der Waals surface area contributed by atoms with Crippen LogP contribution in [0.15, 0.2) is 42.5 Å². The molecule has 0 aromatic heterocycles. The van der Waals surface area contributed by atoms with E-state index in [1.165, 1.54) is 0 Å². The third-order valence-corrected chi connectivity index (χ3v) is 6.40. The molecule has 2 heterocycles. The minimum atomic E-state index is -1.20. The Bertz CT molecular complexity index is 1030. The SMILES string of the molecule is C[C@@H]1CN2c3ccc(C#N)cc3CC3(C(=O)c4ccccc4C3=O)[C@@H]2[C@H](C)O1. The summed E-state index contributed by atoms with van der Waals surface area (Å²) in [6, 6.07) is 14.5. The second-order valence-corrected chi connectivity index (χ2v) is 8.06. The topological polar surface area (TPSA) is 70.4 Å². The maximum Gasteiger partial charge on any atom is 0.180 e. The van der Waals surface area contributed by atoms with Crippen molar-refractivity contribution in [1.29, 1.82) is 5.26 Å². The average molecular weight is 372 g/mol. The molecule has 140 valence electrons. The van der Waals surface area contributed by atoms with Crippen molar-refractivity contribution in [2.24, 2.45) is 5.41 Å². The van der Waals surface area contributed by atoms with Gasteiger partial charge in [0.1, 0.15) is 5.41 Å². The quantitative estimate of drug-likeness (QED) is 0.665. The van der Waals surface area contributed by atoms with Crippen molar-refractivity contribution in [3.8, 4) is 6.07 Å². The molecule has 0 amide bonds. The van der Waals surface area contributed by atoms with Gasteiger partial charge in [-0.15, -0.1) is 0 Å². The summed E-state index contributed by atoms with van der Waals surface area (Å²) in [6.45, 7) is 4.56. The summed E-state index contributed by atoms with van der Waals surface area (Å²) in [5, 5.41) is 9.34. The first kappa shape index (κ1) is 17.2. The van der Waals surface area contributed by atoms with Crippen LogP contribution in [-0.2, 0) is 11.2 Å². The first-order valence-electron chi connectivity index (χ1n) is 9.61. The third kappa shape index (κ3) is 2.04. The zero-order valence-electron chi connectivity index (χ0n) is 15.8. The molecule has 5 rings (SSSR count). The van der Waals surface area contributed by atoms with Gasteiger partial charge in [0.25, 0.3) is 0 Å². The Morgan fingerprint density at radius 3 is 2.43 bits per heavy atom. The summed E-state index contributed by atoms with van der Waals surface area (Å²) in [6.07, 6.45) is 0.0154. The highest BCUT2D eigenvalue weighted by Gasteiger charge is 2.63. The van der Waals surface area contributed by atoms with Crippen molar-refractivity contribution in [1.82, 2.24) is 0 Å². The predicted octanol–water partition coefficient (Wildman–Crippen LogP) is 3.16. The average Bonchev–Trinajstić information content (AvgIpc) is 2.90. The van der Waals surface area contributed by atoms with E-state index in [0.29, 0.717) is 29.7 Å². The molecule has 1 fully saturated rings. The Morgan fingerprint density at radius 1 is 1.11 bits per heavy atom. The number of ether oxygens (including phenoxy) is 1. The molecule has 0 N–H and O–H groups in total. The fraction of sp³-hybridized carbons (Fsp3) is 0.348. The molecule has 2 aliphatic heterocycles. The van der Waals surface area contributed by atoms with E-state index < -0.39 is 5.41 Å². The molecule has 0 radical (unpaired) electrons. The van der Waals surface area contributed by atoms with Crippen LogP contribution in [0.4, 0.5) is 5.69 Å². The lowest BCUT2D eigenvalue weighted by atomic mass is 9.65. The lowest BCUT2D eigenvalue weighted by Gasteiger charge is -2.54. The number of nitrogens with zero attached hydrogens (tertiary/aromatic N) is 2. The lowest BCUT2D eigenvalue weighted by Crippen LogP contribution is -2.67. The van der Waals surface area contributed by atoms with Crippen LogP contribution in [0, 0.1) is 16.7 Å². The van der Waals surface area contributed by atoms with Gasteiger partial charge < -0.3 is 9.64 Å². The molecule has 2 aromatic rings. The standard InChI is InChI=1S/C23H20N2O3/c1-13-12-25-19-8-7-15(11-24)9-16(19)10-23(20(25)14(2)28-13)21(26)17-5-3-4-6-18(17)22(23)27/h3-9,13-14,20H,10,12H2,1-2H3/t13-,14+,20+/m1/s1. The Labute approximate surface area is 163 Å². The van der Waals surface area contributed by atoms with Crippen LogP contribution >= 0.6 is 0 Å². The van der Waals surface area contributed by atoms with Gasteiger partial charge >= 0.3 is 0 Å². The van der Waals surface area contributed by atoms with E-state index in [9.17, 15) is 14.9 Å². The first-order valence-corrected chi connectivity index (χ1v) is 9.61. The maximum atomic E-state index is 13.7. The second kappa shape index (κ2) is 5.76. The van der Waals surface area contributed by atoms with Gasteiger partial charge in [0.15, 0.2) is 11.6 Å². The molecule has 1 spiro atoms. The molecule has 1 saturated heterocycles. The highest BCUT2D eigenvalue weighted by atomic mass is 16.5. The zero-order chi connectivity index (χ0) is 19.6. The van der Waals surface area contributed by atoms with Gasteiger partial charge in [-0.2, -0.15) is 5.26 Å². The van der Waals surface area contributed by atoms with Gasteiger partial charge in [0.05, 0.1) is 29.9 Å². The number of benzene rings is 2. The number of Topliss-reactive ketones (excluding diaryl/α,β-unsaturated/α-hetero) is 2. The van der Waals surface area contributed by atoms with Crippen molar-refractivity contribution in [2.45, 2.75) is 38.5 Å². The normalized spacial score (nSPS) is 27.2. The molecule has 3 aliphatic rings. The molecule has 2 aromatic carbocycles. The van der Waals surface area contributed by atoms with E-state index in [2.05, 4.69) is 11.0 Å². The largest absolute Gasteiger partial charge is 0.372 e. The Morgan fingerprint density at radius 2 is 1.79 bits per heavy atom. The van der Waals surface area contributed by atoms with Crippen molar-refractivity contribution in [2.75, 3.05) is 11.4 Å². The summed E-state index contributed by atoms with van der Waals surface area (Å²) in [7, 11) is 0. The van der Waals surface area contributed by atoms with Crippen molar-refractivity contribution >= 4 is 17.3 Å². The molecule has 0 bridgehead atoms. The monoisotopic (exact) mass is 372 g/mol. The molecule has 5 nitrogen and oxygen atoms in total. The van der Waals surface area contributed by atoms with Crippen LogP contribution in [0.2, 0.25) is 0 Å². The van der Waals surface area contributed by atoms with Crippen LogP contribution < -0.4 is 4.90 Å². The summed E-state index contributed by atoms with van der Waals surface area (Å²) >= 11 is 0. The fourth-order valence-corrected chi connectivity index (χ4v) is 5.42. The van der Waals surface area contributed by atoms with Crippen LogP contribution in [0.1, 0.15) is 45.7 Å². The number of nitriles is 1. The van der Waals surface area contributed by atoms with Gasteiger partial charge in [0, 0.05) is 23.4 Å². The van der Waals surface area contributed by atoms with Gasteiger partial charge in [0.2, 0.25) is 0 Å². The van der Waals surface area contributed by atoms with E-state index in [1.54, 1.807) is 30.3 Å². The maximum absolute atomic E-state index is 13.7. The van der Waals surface area contributed by atoms with Crippen LogP contribution in [0.5, 0.6) is 0 Å². The molecule has 28 heavy (non-hydrogen) atoms. The molecule has 0 saturated carbocycles. The molecular formula is C23H20N2O3. The van der Waals surface area contributed by atoms with Gasteiger partial charge in [-0.05, 0) is 44.0 Å². The minimum absolute atomic E-state index is 0.0149. The van der Waals surface area contributed by atoms with E-state index in [-0.39, 0.29) is 29.8 Å². The molecule has 5 heteroatoms. The van der Waals surface area contributed by atoms with Gasteiger partial charge in [-0.25, -0.2) is 0 Å². The summed E-state index contributed by atoms with van der Waals surface area (Å²) in [4.78, 5) is 29.5. The van der Waals surface area contributed by atoms with Crippen LogP contribution in [0.3, 0.4) is 0 Å². The van der Waals surface area contributed by atoms with Crippen molar-refractivity contribution in [3.05, 3.63) is 64.7 Å². The highest BCUT2D eigenvalue weighted by Crippen LogP contribution is 2.51. The van der Waals surface area contributed by atoms with Crippen LogP contribution in [-0.4, -0.2) is 36.4 Å². The van der Waals surface area contributed by atoms with Crippen molar-refractivity contribution < 1.29 is 14.3 Å². The number of ketones is 2. The van der Waals surface area contributed by atoms with E-state index in [1.807, 2.05) is 26.0 Å². The first-order chi connectivity index (χ1) is 13.5. The molecular weight excluding hydrogens is 352 g/mol. The fourth-order valence-electron chi connectivity index (χ4n) is 5.42. The smallest absolute Gasteiger partial charge is 0.180 e. The Kier molecular flexibility index (Phi) is 3.53.